The van der Waals surface area contributed by atoms with Gasteiger partial charge in [-0.2, -0.15) is 4.31 Å². The molecule has 6 rings (SSSR count). The number of carbonyl (C=O) groups excluding carboxylic acids is 1. The van der Waals surface area contributed by atoms with E-state index in [1.54, 1.807) is 34.2 Å². The number of nitrogens with one attached hydrogen (secondary N) is 1. The molecule has 0 aliphatic carbocycles. The minimum absolute atomic E-state index is 0.0116. The van der Waals surface area contributed by atoms with Crippen LogP contribution in [0.5, 0.6) is 0 Å². The zero-order valence-corrected chi connectivity index (χ0v) is 22.7. The first-order valence-electron chi connectivity index (χ1n) is 13.1. The number of H-pyrrole nitrogens is 1. The minimum Gasteiger partial charge on any atom is -0.377 e. The van der Waals surface area contributed by atoms with Crippen molar-refractivity contribution in [1.82, 2.24) is 19.2 Å². The molecule has 0 bridgehead atoms. The molecule has 0 saturated carbocycles. The van der Waals surface area contributed by atoms with Gasteiger partial charge in [0.15, 0.2) is 0 Å². The van der Waals surface area contributed by atoms with Crippen LogP contribution in [0.2, 0.25) is 0 Å². The highest BCUT2D eigenvalue weighted by molar-refractivity contribution is 7.89. The Kier molecular flexibility index (Phi) is 6.20. The molecule has 0 radical (unpaired) electrons. The van der Waals surface area contributed by atoms with Gasteiger partial charge in [-0.25, -0.2) is 17.2 Å². The topological polar surface area (TPSA) is 98.8 Å². The van der Waals surface area contributed by atoms with Crippen LogP contribution in [0.25, 0.3) is 22.3 Å². The average Bonchev–Trinajstić information content (AvgIpc) is 3.45. The summed E-state index contributed by atoms with van der Waals surface area (Å²) in [6.07, 6.45) is 1.82. The first-order valence-corrected chi connectivity index (χ1v) is 14.5. The van der Waals surface area contributed by atoms with E-state index in [4.69, 9.17) is 4.74 Å². The summed E-state index contributed by atoms with van der Waals surface area (Å²) in [5, 5.41) is 0. The van der Waals surface area contributed by atoms with Crippen molar-refractivity contribution < 1.29 is 26.7 Å². The van der Waals surface area contributed by atoms with Gasteiger partial charge in [0, 0.05) is 43.5 Å². The van der Waals surface area contributed by atoms with Crippen molar-refractivity contribution in [2.45, 2.75) is 49.1 Å². The van der Waals surface area contributed by atoms with Gasteiger partial charge in [0.25, 0.3) is 5.92 Å². The number of amides is 1. The SMILES string of the molecule is CC1(C)COCCN1C(=O)[C@@H]1CCN1S(=O)(=O)c1ccc(N2CCC(F)(F)C2)c(-c2cc3ncccc3[nH]2)c1. The van der Waals surface area contributed by atoms with Crippen LogP contribution in [0.4, 0.5) is 14.5 Å². The predicted octanol–water partition coefficient (Wildman–Crippen LogP) is 3.48. The molecular weight excluding hydrogens is 528 g/mol. The number of nitrogens with zero attached hydrogens (tertiary/aromatic N) is 4. The molecule has 12 heteroatoms. The van der Waals surface area contributed by atoms with Gasteiger partial charge < -0.3 is 19.5 Å². The third-order valence-electron chi connectivity index (χ3n) is 7.93. The summed E-state index contributed by atoms with van der Waals surface area (Å²) in [4.78, 5) is 24.3. The van der Waals surface area contributed by atoms with Crippen molar-refractivity contribution in [2.75, 3.05) is 44.3 Å². The van der Waals surface area contributed by atoms with Crippen LogP contribution in [0.3, 0.4) is 0 Å². The number of alkyl halides is 2. The molecule has 5 heterocycles. The van der Waals surface area contributed by atoms with E-state index in [1.807, 2.05) is 19.9 Å². The van der Waals surface area contributed by atoms with Crippen molar-refractivity contribution >= 4 is 32.7 Å². The molecule has 3 fully saturated rings. The van der Waals surface area contributed by atoms with Crippen molar-refractivity contribution in [1.29, 1.82) is 0 Å². The van der Waals surface area contributed by atoms with E-state index in [-0.39, 0.29) is 30.3 Å². The molecular formula is C27H31F2N5O4S. The van der Waals surface area contributed by atoms with Crippen LogP contribution in [0, 0.1) is 0 Å². The van der Waals surface area contributed by atoms with Crippen LogP contribution in [0.15, 0.2) is 47.5 Å². The Morgan fingerprint density at radius 1 is 1.15 bits per heavy atom. The molecule has 1 amide bonds. The van der Waals surface area contributed by atoms with E-state index in [2.05, 4.69) is 9.97 Å². The summed E-state index contributed by atoms with van der Waals surface area (Å²) in [5.41, 5.74) is 2.49. The number of aromatic amines is 1. The Morgan fingerprint density at radius 3 is 2.64 bits per heavy atom. The number of ether oxygens (including phenoxy) is 1. The zero-order chi connectivity index (χ0) is 27.6. The summed E-state index contributed by atoms with van der Waals surface area (Å²) < 4.78 is 62.7. The maximum Gasteiger partial charge on any atom is 0.266 e. The number of hydrogen-bond acceptors (Lipinski definition) is 6. The molecule has 208 valence electrons. The van der Waals surface area contributed by atoms with Crippen molar-refractivity contribution in [3.8, 4) is 11.3 Å². The first kappa shape index (κ1) is 26.1. The number of halogens is 2. The quantitative estimate of drug-likeness (QED) is 0.514. The summed E-state index contributed by atoms with van der Waals surface area (Å²) >= 11 is 0. The van der Waals surface area contributed by atoms with Crippen LogP contribution >= 0.6 is 0 Å². The van der Waals surface area contributed by atoms with Crippen molar-refractivity contribution in [2.24, 2.45) is 0 Å². The second-order valence-electron chi connectivity index (χ2n) is 11.1. The third kappa shape index (κ3) is 4.57. The second kappa shape index (κ2) is 9.24. The number of fused-ring (bicyclic) bond motifs is 1. The van der Waals surface area contributed by atoms with E-state index in [9.17, 15) is 22.0 Å². The second-order valence-corrected chi connectivity index (χ2v) is 13.0. The molecule has 1 N–H and O–H groups in total. The number of rotatable bonds is 5. The summed E-state index contributed by atoms with van der Waals surface area (Å²) in [7, 11) is -4.04. The molecule has 0 unspecified atom stereocenters. The van der Waals surface area contributed by atoms with Gasteiger partial charge in [-0.1, -0.05) is 0 Å². The number of sulfonamides is 1. The zero-order valence-electron chi connectivity index (χ0n) is 21.9. The smallest absolute Gasteiger partial charge is 0.266 e. The van der Waals surface area contributed by atoms with E-state index in [0.29, 0.717) is 48.6 Å². The van der Waals surface area contributed by atoms with Gasteiger partial charge in [-0.05, 0) is 56.7 Å². The van der Waals surface area contributed by atoms with E-state index in [0.717, 1.165) is 5.52 Å². The summed E-state index contributed by atoms with van der Waals surface area (Å²) in [5.74, 6) is -3.04. The fourth-order valence-corrected chi connectivity index (χ4v) is 7.34. The number of hydrogen-bond donors (Lipinski definition) is 1. The Hall–Kier alpha value is -3.09. The minimum atomic E-state index is -4.04. The lowest BCUT2D eigenvalue weighted by atomic mass is 9.98. The standard InChI is InChI=1S/C27H31F2N5O4S/c1-26(2)17-38-13-12-33(26)25(35)24-7-10-34(24)39(36,37)18-5-6-23(32-11-8-27(28,29)16-32)19(14-18)21-15-22-20(31-21)4-3-9-30-22/h3-6,9,14-15,24,31H,7-8,10-13,16-17H2,1-2H3/t24-/m0/s1. The number of anilines is 1. The first-order chi connectivity index (χ1) is 18.5. The van der Waals surface area contributed by atoms with Crippen LogP contribution in [-0.4, -0.2) is 90.4 Å². The normalized spacial score (nSPS) is 23.2. The lowest BCUT2D eigenvalue weighted by Gasteiger charge is -2.47. The van der Waals surface area contributed by atoms with Gasteiger partial charge in [-0.3, -0.25) is 9.78 Å². The molecule has 2 aromatic heterocycles. The molecule has 3 aliphatic heterocycles. The highest BCUT2D eigenvalue weighted by Crippen LogP contribution is 2.40. The van der Waals surface area contributed by atoms with E-state index < -0.39 is 34.1 Å². The predicted molar refractivity (Wildman–Crippen MR) is 142 cm³/mol. The van der Waals surface area contributed by atoms with E-state index in [1.165, 1.54) is 16.4 Å². The number of carbonyl (C=O) groups is 1. The van der Waals surface area contributed by atoms with E-state index >= 15 is 0 Å². The Bertz CT molecular complexity index is 1510. The molecule has 1 atom stereocenters. The van der Waals surface area contributed by atoms with Crippen LogP contribution in [-0.2, 0) is 19.6 Å². The third-order valence-corrected chi connectivity index (χ3v) is 9.84. The maximum atomic E-state index is 14.1. The fourth-order valence-electron chi connectivity index (χ4n) is 5.69. The number of pyridine rings is 1. The molecule has 9 nitrogen and oxygen atoms in total. The van der Waals surface area contributed by atoms with Gasteiger partial charge in [0.2, 0.25) is 15.9 Å². The Balaban J connectivity index is 1.36. The van der Waals surface area contributed by atoms with Gasteiger partial charge >= 0.3 is 0 Å². The Labute approximate surface area is 225 Å². The van der Waals surface area contributed by atoms with Gasteiger partial charge in [-0.15, -0.1) is 0 Å². The summed E-state index contributed by atoms with van der Waals surface area (Å²) in [6.45, 7) is 4.96. The van der Waals surface area contributed by atoms with Crippen LogP contribution in [0.1, 0.15) is 26.7 Å². The lowest BCUT2D eigenvalue weighted by Crippen LogP contribution is -2.64. The largest absolute Gasteiger partial charge is 0.377 e. The van der Waals surface area contributed by atoms with Crippen molar-refractivity contribution in [3.63, 3.8) is 0 Å². The van der Waals surface area contributed by atoms with Gasteiger partial charge in [0.1, 0.15) is 6.04 Å². The molecule has 3 aromatic rings. The highest BCUT2D eigenvalue weighted by Gasteiger charge is 2.47. The molecule has 39 heavy (non-hydrogen) atoms. The fraction of sp³-hybridized carbons (Fsp3) is 0.481. The van der Waals surface area contributed by atoms with Crippen LogP contribution < -0.4 is 4.90 Å². The molecule has 3 aliphatic rings. The Morgan fingerprint density at radius 2 is 1.97 bits per heavy atom. The lowest BCUT2D eigenvalue weighted by molar-refractivity contribution is -0.153. The number of morpholine rings is 1. The number of aromatic nitrogens is 2. The summed E-state index contributed by atoms with van der Waals surface area (Å²) in [6, 6.07) is 9.18. The van der Waals surface area contributed by atoms with Gasteiger partial charge in [0.05, 0.1) is 46.9 Å². The average molecular weight is 560 g/mol. The molecule has 1 aromatic carbocycles. The molecule has 0 spiro atoms. The maximum absolute atomic E-state index is 14.1. The highest BCUT2D eigenvalue weighted by atomic mass is 32.2. The molecule has 3 saturated heterocycles. The number of benzene rings is 1. The van der Waals surface area contributed by atoms with Crippen molar-refractivity contribution in [3.05, 3.63) is 42.6 Å². The monoisotopic (exact) mass is 559 g/mol.